The maximum Gasteiger partial charge on any atom is 0.459 e. The van der Waals surface area contributed by atoms with E-state index in [0.29, 0.717) is 5.52 Å². The standard InChI is InChI=1S/C30H37N6O12P/c1-18(2)44-29(39)19(3)35-49(40,48-20-9-7-6-8-10-20)43-16-30(15-31)27(46-24(38)14-42-5)26(45-23(37)13-41-4)25(47-30)21-11-12-22-28(32)33-17-34-36(21)22/h6-12,17-19,25-27H,13-14,16H2,1-5H3,(H,35,40)(H2,32,33,34)/t19?,25-,26-,27-,30+,49-/m0/s1. The van der Waals surface area contributed by atoms with Gasteiger partial charge >= 0.3 is 25.7 Å². The van der Waals surface area contributed by atoms with Crippen LogP contribution in [0.1, 0.15) is 32.6 Å². The summed E-state index contributed by atoms with van der Waals surface area (Å²) in [6.45, 7) is 2.70. The molecule has 0 saturated carbocycles. The van der Waals surface area contributed by atoms with E-state index in [1.165, 1.54) is 50.2 Å². The summed E-state index contributed by atoms with van der Waals surface area (Å²) >= 11 is 0. The number of carbonyl (C=O) groups is 3. The number of ether oxygens (including phenoxy) is 6. The topological polar surface area (TPSA) is 234 Å². The number of fused-ring (bicyclic) bond motifs is 1. The molecule has 0 amide bonds. The molecule has 3 heterocycles. The molecule has 0 spiro atoms. The molecule has 0 aliphatic carbocycles. The molecule has 49 heavy (non-hydrogen) atoms. The highest BCUT2D eigenvalue weighted by Crippen LogP contribution is 2.50. The molecule has 1 fully saturated rings. The van der Waals surface area contributed by atoms with E-state index in [0.717, 1.165) is 0 Å². The summed E-state index contributed by atoms with van der Waals surface area (Å²) in [4.78, 5) is 42.3. The molecule has 19 heteroatoms. The zero-order valence-corrected chi connectivity index (χ0v) is 28.2. The molecule has 1 aliphatic heterocycles. The maximum atomic E-state index is 14.3. The number of esters is 3. The van der Waals surface area contributed by atoms with Crippen molar-refractivity contribution in [2.75, 3.05) is 39.8 Å². The highest BCUT2D eigenvalue weighted by Gasteiger charge is 2.62. The molecular formula is C30H37N6O12P. The molecule has 1 unspecified atom stereocenters. The van der Waals surface area contributed by atoms with Crippen LogP contribution in [0.4, 0.5) is 5.82 Å². The number of benzene rings is 1. The summed E-state index contributed by atoms with van der Waals surface area (Å²) in [6.07, 6.45) is -3.91. The Morgan fingerprint density at radius 1 is 1.08 bits per heavy atom. The molecular weight excluding hydrogens is 667 g/mol. The Hall–Kier alpha value is -4.63. The van der Waals surface area contributed by atoms with E-state index >= 15 is 0 Å². The van der Waals surface area contributed by atoms with Crippen LogP contribution in [0, 0.1) is 11.3 Å². The number of para-hydroxylation sites is 1. The highest BCUT2D eigenvalue weighted by atomic mass is 31.2. The van der Waals surface area contributed by atoms with Gasteiger partial charge in [0.2, 0.25) is 5.60 Å². The van der Waals surface area contributed by atoms with Gasteiger partial charge in [-0.3, -0.25) is 9.32 Å². The van der Waals surface area contributed by atoms with Gasteiger partial charge < -0.3 is 38.7 Å². The van der Waals surface area contributed by atoms with Crippen molar-refractivity contribution < 1.29 is 56.4 Å². The number of hydrogen-bond donors (Lipinski definition) is 2. The zero-order chi connectivity index (χ0) is 35.8. The number of aromatic nitrogens is 3. The summed E-state index contributed by atoms with van der Waals surface area (Å²) < 4.78 is 59.8. The largest absolute Gasteiger partial charge is 0.462 e. The van der Waals surface area contributed by atoms with Crippen LogP contribution in [0.25, 0.3) is 5.52 Å². The second-order valence-corrected chi connectivity index (χ2v) is 12.7. The fraction of sp³-hybridized carbons (Fsp3) is 0.467. The van der Waals surface area contributed by atoms with E-state index in [-0.39, 0.29) is 17.3 Å². The van der Waals surface area contributed by atoms with Gasteiger partial charge in [0, 0.05) is 14.2 Å². The third-order valence-electron chi connectivity index (χ3n) is 6.91. The molecule has 264 valence electrons. The van der Waals surface area contributed by atoms with E-state index in [1.807, 2.05) is 6.07 Å². The number of hydrogen-bond acceptors (Lipinski definition) is 16. The van der Waals surface area contributed by atoms with Crippen LogP contribution in [0.3, 0.4) is 0 Å². The van der Waals surface area contributed by atoms with Gasteiger partial charge in [0.05, 0.1) is 11.8 Å². The van der Waals surface area contributed by atoms with Gasteiger partial charge in [-0.2, -0.15) is 15.4 Å². The number of nitrogens with two attached hydrogens (primary N) is 1. The Kier molecular flexibility index (Phi) is 12.3. The Bertz CT molecular complexity index is 1720. The van der Waals surface area contributed by atoms with Crippen LogP contribution in [-0.2, 0) is 51.9 Å². The number of anilines is 1. The van der Waals surface area contributed by atoms with Crippen molar-refractivity contribution in [2.24, 2.45) is 0 Å². The number of nitrogen functional groups attached to an aromatic ring is 1. The van der Waals surface area contributed by atoms with E-state index in [9.17, 15) is 24.2 Å². The molecule has 3 aromatic rings. The lowest BCUT2D eigenvalue weighted by molar-refractivity contribution is -0.174. The quantitative estimate of drug-likeness (QED) is 0.123. The molecule has 1 aromatic carbocycles. The first-order valence-corrected chi connectivity index (χ1v) is 16.4. The Morgan fingerprint density at radius 3 is 2.39 bits per heavy atom. The molecule has 0 radical (unpaired) electrons. The minimum Gasteiger partial charge on any atom is -0.462 e. The minimum atomic E-state index is -4.58. The molecule has 18 nitrogen and oxygen atoms in total. The van der Waals surface area contributed by atoms with Crippen LogP contribution in [0.15, 0.2) is 48.8 Å². The Balaban J connectivity index is 1.78. The Morgan fingerprint density at radius 2 is 1.76 bits per heavy atom. The fourth-order valence-corrected chi connectivity index (χ4v) is 6.36. The maximum absolute atomic E-state index is 14.3. The predicted molar refractivity (Wildman–Crippen MR) is 168 cm³/mol. The lowest BCUT2D eigenvalue weighted by atomic mass is 9.95. The summed E-state index contributed by atoms with van der Waals surface area (Å²) in [5, 5.41) is 17.4. The van der Waals surface area contributed by atoms with Crippen LogP contribution in [-0.4, -0.2) is 96.5 Å². The number of nitrogens with zero attached hydrogens (tertiary/aromatic N) is 4. The van der Waals surface area contributed by atoms with E-state index in [4.69, 9.17) is 43.2 Å². The molecule has 1 saturated heterocycles. The van der Waals surface area contributed by atoms with Gasteiger partial charge in [-0.25, -0.2) is 23.7 Å². The number of nitrogens with one attached hydrogen (secondary N) is 1. The van der Waals surface area contributed by atoms with Gasteiger partial charge in [0.25, 0.3) is 0 Å². The first-order chi connectivity index (χ1) is 23.3. The minimum absolute atomic E-state index is 0.0883. The average molecular weight is 705 g/mol. The second kappa shape index (κ2) is 16.2. The number of carbonyl (C=O) groups excluding carboxylic acids is 3. The average Bonchev–Trinajstić information content (AvgIpc) is 3.61. The predicted octanol–water partition coefficient (Wildman–Crippen LogP) is 1.89. The summed E-state index contributed by atoms with van der Waals surface area (Å²) in [5.41, 5.74) is 4.27. The fourth-order valence-electron chi connectivity index (χ4n) is 4.84. The van der Waals surface area contributed by atoms with Crippen molar-refractivity contribution in [3.05, 3.63) is 54.5 Å². The highest BCUT2D eigenvalue weighted by molar-refractivity contribution is 7.52. The first-order valence-electron chi connectivity index (χ1n) is 14.9. The van der Waals surface area contributed by atoms with Gasteiger partial charge in [-0.15, -0.1) is 0 Å². The van der Waals surface area contributed by atoms with Gasteiger partial charge in [-0.1, -0.05) is 18.2 Å². The number of rotatable bonds is 16. The number of nitriles is 1. The molecule has 1 aliphatic rings. The first kappa shape index (κ1) is 37.2. The van der Waals surface area contributed by atoms with Crippen LogP contribution in [0.2, 0.25) is 0 Å². The van der Waals surface area contributed by atoms with Crippen molar-refractivity contribution in [1.82, 2.24) is 19.7 Å². The zero-order valence-electron chi connectivity index (χ0n) is 27.3. The summed E-state index contributed by atoms with van der Waals surface area (Å²) in [6, 6.07) is 11.7. The normalized spacial score (nSPS) is 22.2. The van der Waals surface area contributed by atoms with E-state index in [1.54, 1.807) is 38.1 Å². The van der Waals surface area contributed by atoms with Crippen molar-refractivity contribution in [1.29, 1.82) is 5.26 Å². The lowest BCUT2D eigenvalue weighted by Gasteiger charge is -2.30. The lowest BCUT2D eigenvalue weighted by Crippen LogP contribution is -2.50. The molecule has 0 bridgehead atoms. The summed E-state index contributed by atoms with van der Waals surface area (Å²) in [5.74, 6) is -2.41. The molecule has 6 atom stereocenters. The Labute approximate surface area is 281 Å². The van der Waals surface area contributed by atoms with Crippen molar-refractivity contribution >= 4 is 37.0 Å². The van der Waals surface area contributed by atoms with Crippen LogP contribution in [0.5, 0.6) is 5.75 Å². The SMILES string of the molecule is COCC(=O)O[C@H]1[C@H](c2ccc3c(N)ncnn23)O[C@](C#N)(CO[P@@](=O)(NC(C)C(=O)OC(C)C)Oc2ccccc2)[C@H]1OC(=O)COC. The number of methoxy groups -OCH3 is 2. The van der Waals surface area contributed by atoms with Crippen molar-refractivity contribution in [3.63, 3.8) is 0 Å². The van der Waals surface area contributed by atoms with E-state index < -0.39 is 81.5 Å². The van der Waals surface area contributed by atoms with Crippen LogP contribution < -0.4 is 15.3 Å². The van der Waals surface area contributed by atoms with Crippen LogP contribution >= 0.6 is 7.75 Å². The second-order valence-electron chi connectivity index (χ2n) is 11.0. The molecule has 2 aromatic heterocycles. The molecule has 4 rings (SSSR count). The van der Waals surface area contributed by atoms with Crippen molar-refractivity contribution in [3.8, 4) is 11.8 Å². The van der Waals surface area contributed by atoms with Gasteiger partial charge in [0.15, 0.2) is 18.0 Å². The third kappa shape index (κ3) is 8.89. The van der Waals surface area contributed by atoms with Gasteiger partial charge in [-0.05, 0) is 45.0 Å². The molecule has 3 N–H and O–H groups in total. The monoisotopic (exact) mass is 704 g/mol. The third-order valence-corrected chi connectivity index (χ3v) is 8.53. The smallest absolute Gasteiger partial charge is 0.459 e. The summed E-state index contributed by atoms with van der Waals surface area (Å²) in [7, 11) is -2.06. The van der Waals surface area contributed by atoms with Crippen molar-refractivity contribution in [2.45, 2.75) is 56.8 Å². The van der Waals surface area contributed by atoms with Gasteiger partial charge in [0.1, 0.15) is 55.6 Å². The van der Waals surface area contributed by atoms with E-state index in [2.05, 4.69) is 15.2 Å².